The van der Waals surface area contributed by atoms with Gasteiger partial charge in [0.25, 0.3) is 11.5 Å². The second-order valence-electron chi connectivity index (χ2n) is 11.8. The number of benzene rings is 2. The number of rotatable bonds is 9. The molecule has 2 aromatic carbocycles. The Morgan fingerprint density at radius 1 is 1.07 bits per heavy atom. The number of aromatic nitrogens is 4. The minimum absolute atomic E-state index is 0.00591. The zero-order valence-corrected chi connectivity index (χ0v) is 26.0. The predicted octanol–water partition coefficient (Wildman–Crippen LogP) is 3.74. The standard InChI is InChI=1S/C34H41N5O6/c1-4-44-33-25(13-10-20-40)26(30-22(2)36(3)39(32(30)42)24-11-6-5-7-12-24)21-29(45-33)31(41)37-18-16-23(17-19-37)38-28-15-9-8-14-27(28)35-34(38)43/h5-9,11-12,14-15,21,23,25-26,33,40H,4,10,13,16-20H2,1-3H3,(H,35,43)/t25-,26+,33-/m0/s1. The highest BCUT2D eigenvalue weighted by atomic mass is 16.7. The van der Waals surface area contributed by atoms with Gasteiger partial charge >= 0.3 is 5.69 Å². The molecule has 2 aromatic heterocycles. The lowest BCUT2D eigenvalue weighted by atomic mass is 9.80. The van der Waals surface area contributed by atoms with Crippen LogP contribution in [-0.4, -0.2) is 67.4 Å². The highest BCUT2D eigenvalue weighted by Crippen LogP contribution is 2.40. The zero-order chi connectivity index (χ0) is 31.7. The van der Waals surface area contributed by atoms with E-state index < -0.39 is 12.2 Å². The van der Waals surface area contributed by atoms with Gasteiger partial charge in [0.05, 0.1) is 16.7 Å². The number of aliphatic hydroxyl groups is 1. The Hall–Kier alpha value is -4.35. The molecule has 6 rings (SSSR count). The van der Waals surface area contributed by atoms with Crippen LogP contribution in [-0.2, 0) is 21.3 Å². The lowest BCUT2D eigenvalue weighted by Crippen LogP contribution is -2.44. The summed E-state index contributed by atoms with van der Waals surface area (Å²) in [5, 5.41) is 9.70. The number of allylic oxidation sites excluding steroid dienone is 1. The molecule has 45 heavy (non-hydrogen) atoms. The third-order valence-corrected chi connectivity index (χ3v) is 9.30. The summed E-state index contributed by atoms with van der Waals surface area (Å²) in [4.78, 5) is 45.6. The van der Waals surface area contributed by atoms with Crippen LogP contribution in [0.1, 0.15) is 55.8 Å². The maximum atomic E-state index is 14.1. The molecule has 2 aliphatic heterocycles. The molecule has 4 aromatic rings. The first kappa shape index (κ1) is 30.7. The molecule has 0 saturated carbocycles. The maximum Gasteiger partial charge on any atom is 0.326 e. The van der Waals surface area contributed by atoms with Crippen LogP contribution < -0.4 is 11.2 Å². The van der Waals surface area contributed by atoms with Crippen LogP contribution in [0, 0.1) is 12.8 Å². The minimum atomic E-state index is -0.762. The number of fused-ring (bicyclic) bond motifs is 1. The van der Waals surface area contributed by atoms with Crippen LogP contribution in [0.2, 0.25) is 0 Å². The summed E-state index contributed by atoms with van der Waals surface area (Å²) in [6, 6.07) is 17.1. The van der Waals surface area contributed by atoms with Crippen molar-refractivity contribution < 1.29 is 19.4 Å². The van der Waals surface area contributed by atoms with E-state index in [-0.39, 0.29) is 41.5 Å². The molecule has 4 heterocycles. The number of H-pyrrole nitrogens is 1. The molecule has 2 N–H and O–H groups in total. The van der Waals surface area contributed by atoms with Crippen LogP contribution in [0.5, 0.6) is 0 Å². The number of aromatic amines is 1. The molecule has 11 nitrogen and oxygen atoms in total. The Balaban J connectivity index is 1.32. The van der Waals surface area contributed by atoms with Crippen molar-refractivity contribution in [1.29, 1.82) is 0 Å². The monoisotopic (exact) mass is 615 g/mol. The van der Waals surface area contributed by atoms with E-state index in [0.717, 1.165) is 22.4 Å². The fourth-order valence-corrected chi connectivity index (χ4v) is 6.98. The van der Waals surface area contributed by atoms with Gasteiger partial charge in [-0.15, -0.1) is 0 Å². The normalized spacial score (nSPS) is 20.8. The molecule has 0 bridgehead atoms. The van der Waals surface area contributed by atoms with Gasteiger partial charge in [0.2, 0.25) is 6.29 Å². The highest BCUT2D eigenvalue weighted by Gasteiger charge is 2.42. The van der Waals surface area contributed by atoms with Crippen molar-refractivity contribution in [2.24, 2.45) is 13.0 Å². The summed E-state index contributed by atoms with van der Waals surface area (Å²) in [6.07, 6.45) is 3.32. The molecule has 0 spiro atoms. The predicted molar refractivity (Wildman–Crippen MR) is 170 cm³/mol. The van der Waals surface area contributed by atoms with Gasteiger partial charge in [-0.2, -0.15) is 0 Å². The topological polar surface area (TPSA) is 124 Å². The molecule has 11 heteroatoms. The largest absolute Gasteiger partial charge is 0.459 e. The van der Waals surface area contributed by atoms with E-state index in [1.807, 2.05) is 80.2 Å². The van der Waals surface area contributed by atoms with E-state index in [0.29, 0.717) is 50.9 Å². The number of carbonyl (C=O) groups excluding carboxylic acids is 1. The highest BCUT2D eigenvalue weighted by molar-refractivity contribution is 5.92. The first-order valence-corrected chi connectivity index (χ1v) is 15.8. The number of likely N-dealkylation sites (tertiary alicyclic amines) is 1. The van der Waals surface area contributed by atoms with Gasteiger partial charge in [-0.1, -0.05) is 30.3 Å². The van der Waals surface area contributed by atoms with E-state index in [2.05, 4.69) is 4.98 Å². The fourth-order valence-electron chi connectivity index (χ4n) is 6.98. The lowest BCUT2D eigenvalue weighted by Gasteiger charge is -2.38. The van der Waals surface area contributed by atoms with Gasteiger partial charge < -0.3 is 24.5 Å². The van der Waals surface area contributed by atoms with Crippen LogP contribution in [0.15, 0.2) is 76.0 Å². The summed E-state index contributed by atoms with van der Waals surface area (Å²) in [5.74, 6) is -0.847. The van der Waals surface area contributed by atoms with Crippen molar-refractivity contribution in [2.75, 3.05) is 26.3 Å². The first-order valence-electron chi connectivity index (χ1n) is 15.8. The number of ether oxygens (including phenoxy) is 2. The number of para-hydroxylation sites is 3. The van der Waals surface area contributed by atoms with Gasteiger partial charge in [0, 0.05) is 62.5 Å². The molecule has 3 atom stereocenters. The Bertz CT molecular complexity index is 1810. The number of nitrogens with zero attached hydrogens (tertiary/aromatic N) is 4. The van der Waals surface area contributed by atoms with Crippen LogP contribution >= 0.6 is 0 Å². The Morgan fingerprint density at radius 3 is 2.49 bits per heavy atom. The van der Waals surface area contributed by atoms with Gasteiger partial charge in [-0.25, -0.2) is 9.48 Å². The number of imidazole rings is 1. The quantitative estimate of drug-likeness (QED) is 0.296. The van der Waals surface area contributed by atoms with E-state index in [4.69, 9.17) is 9.47 Å². The number of nitrogens with one attached hydrogen (secondary N) is 1. The number of amides is 1. The number of hydrogen-bond acceptors (Lipinski definition) is 6. The number of hydrogen-bond donors (Lipinski definition) is 2. The molecule has 2 aliphatic rings. The van der Waals surface area contributed by atoms with E-state index >= 15 is 0 Å². The van der Waals surface area contributed by atoms with Gasteiger partial charge in [0.15, 0.2) is 5.76 Å². The molecule has 1 saturated heterocycles. The van der Waals surface area contributed by atoms with Crippen molar-refractivity contribution >= 4 is 16.9 Å². The van der Waals surface area contributed by atoms with Crippen molar-refractivity contribution in [2.45, 2.75) is 57.8 Å². The van der Waals surface area contributed by atoms with E-state index in [1.54, 1.807) is 20.2 Å². The van der Waals surface area contributed by atoms with Gasteiger partial charge in [0.1, 0.15) is 0 Å². The summed E-state index contributed by atoms with van der Waals surface area (Å²) in [6.45, 7) is 5.06. The third-order valence-electron chi connectivity index (χ3n) is 9.30. The van der Waals surface area contributed by atoms with Crippen molar-refractivity contribution in [1.82, 2.24) is 23.8 Å². The van der Waals surface area contributed by atoms with E-state index in [1.165, 1.54) is 0 Å². The van der Waals surface area contributed by atoms with Crippen molar-refractivity contribution in [3.05, 3.63) is 98.5 Å². The van der Waals surface area contributed by atoms with Crippen LogP contribution in [0.4, 0.5) is 0 Å². The third kappa shape index (κ3) is 5.66. The Kier molecular flexibility index (Phi) is 8.82. The number of carbonyl (C=O) groups is 1. The van der Waals surface area contributed by atoms with E-state index in [9.17, 15) is 19.5 Å². The molecule has 0 radical (unpaired) electrons. The summed E-state index contributed by atoms with van der Waals surface area (Å²) >= 11 is 0. The Morgan fingerprint density at radius 2 is 1.78 bits per heavy atom. The summed E-state index contributed by atoms with van der Waals surface area (Å²) in [5.41, 5.74) is 3.47. The average Bonchev–Trinajstić information content (AvgIpc) is 3.51. The SMILES string of the molecule is CCO[C@H]1OC(C(=O)N2CCC(n3c(=O)[nH]c4ccccc43)CC2)=C[C@@H](c2c(C)n(C)n(-c3ccccc3)c2=O)[C@@H]1CCCO. The Labute approximate surface area is 261 Å². The maximum absolute atomic E-state index is 14.1. The number of aliphatic hydroxyl groups excluding tert-OH is 1. The molecule has 1 fully saturated rings. The average molecular weight is 616 g/mol. The molecule has 238 valence electrons. The minimum Gasteiger partial charge on any atom is -0.459 e. The molecule has 1 amide bonds. The zero-order valence-electron chi connectivity index (χ0n) is 26.0. The van der Waals surface area contributed by atoms with Crippen molar-refractivity contribution in [3.8, 4) is 5.69 Å². The van der Waals surface area contributed by atoms with Crippen molar-refractivity contribution in [3.63, 3.8) is 0 Å². The number of piperidine rings is 1. The molecule has 0 unspecified atom stereocenters. The lowest BCUT2D eigenvalue weighted by molar-refractivity contribution is -0.170. The van der Waals surface area contributed by atoms with Gasteiger partial charge in [-0.3, -0.25) is 18.8 Å². The smallest absolute Gasteiger partial charge is 0.326 e. The van der Waals surface area contributed by atoms with Crippen LogP contribution in [0.3, 0.4) is 0 Å². The molecular formula is C34H41N5O6. The fraction of sp³-hybridized carbons (Fsp3) is 0.441. The summed E-state index contributed by atoms with van der Waals surface area (Å²) < 4.78 is 17.6. The first-order chi connectivity index (χ1) is 21.8. The van der Waals surface area contributed by atoms with Crippen LogP contribution in [0.25, 0.3) is 16.7 Å². The second kappa shape index (κ2) is 12.9. The second-order valence-corrected chi connectivity index (χ2v) is 11.8. The summed E-state index contributed by atoms with van der Waals surface area (Å²) in [7, 11) is 1.86. The molecule has 0 aliphatic carbocycles. The molecular weight excluding hydrogens is 574 g/mol. The van der Waals surface area contributed by atoms with Gasteiger partial charge in [-0.05, 0) is 69.9 Å².